The molecule has 2 N–H and O–H groups in total. The monoisotopic (exact) mass is 611 g/mol. The predicted octanol–water partition coefficient (Wildman–Crippen LogP) is 7.29. The van der Waals surface area contributed by atoms with Crippen LogP contribution in [0.2, 0.25) is 5.02 Å². The zero-order valence-corrected chi connectivity index (χ0v) is 25.4. The minimum atomic E-state index is -1.05. The number of nitrogens with one attached hydrogen (secondary N) is 1. The molecule has 1 saturated carbocycles. The topological polar surface area (TPSA) is 112 Å². The van der Waals surface area contributed by atoms with Gasteiger partial charge in [0, 0.05) is 27.4 Å². The summed E-state index contributed by atoms with van der Waals surface area (Å²) in [7, 11) is 4.69. The number of methoxy groups -OCH3 is 3. The Kier molecular flexibility index (Phi) is 9.23. The summed E-state index contributed by atoms with van der Waals surface area (Å²) < 4.78 is 17.9. The van der Waals surface area contributed by atoms with E-state index in [2.05, 4.69) is 5.32 Å². The Morgan fingerprint density at radius 1 is 1.05 bits per heavy atom. The van der Waals surface area contributed by atoms with Gasteiger partial charge in [-0.1, -0.05) is 43.7 Å². The van der Waals surface area contributed by atoms with Gasteiger partial charge in [-0.05, 0) is 49.1 Å². The molecule has 0 spiro atoms. The van der Waals surface area contributed by atoms with Gasteiger partial charge >= 0.3 is 5.97 Å². The van der Waals surface area contributed by atoms with Crippen LogP contribution in [0.4, 0.5) is 5.13 Å². The van der Waals surface area contributed by atoms with E-state index in [1.54, 1.807) is 51.7 Å². The fourth-order valence-corrected chi connectivity index (χ4v) is 6.89. The highest BCUT2D eigenvalue weighted by Gasteiger charge is 2.24. The van der Waals surface area contributed by atoms with Crippen LogP contribution < -0.4 is 19.5 Å². The Labute approximate surface area is 253 Å². The molecule has 2 heterocycles. The number of halogens is 1. The molecule has 0 radical (unpaired) electrons. The Morgan fingerprint density at radius 2 is 1.81 bits per heavy atom. The van der Waals surface area contributed by atoms with Gasteiger partial charge in [-0.2, -0.15) is 0 Å². The number of hydrogen-bond acceptors (Lipinski definition) is 7. The molecule has 2 aromatic heterocycles. The first-order valence-corrected chi connectivity index (χ1v) is 15.1. The molecular formula is C31H34ClN3O6S. The number of aromatic nitrogens is 2. The van der Waals surface area contributed by atoms with E-state index >= 15 is 0 Å². The molecule has 2 aromatic carbocycles. The molecule has 0 aliphatic heterocycles. The van der Waals surface area contributed by atoms with Crippen LogP contribution in [0, 0.1) is 5.92 Å². The molecule has 0 bridgehead atoms. The van der Waals surface area contributed by atoms with Crippen molar-refractivity contribution in [2.75, 3.05) is 26.6 Å². The fourth-order valence-electron chi connectivity index (χ4n) is 5.67. The number of fused-ring (bicyclic) bond motifs is 1. The molecule has 9 nitrogen and oxygen atoms in total. The van der Waals surface area contributed by atoms with E-state index < -0.39 is 11.9 Å². The molecule has 1 amide bonds. The van der Waals surface area contributed by atoms with Crippen molar-refractivity contribution < 1.29 is 28.9 Å². The number of thiazole rings is 1. The molecular weight excluding hydrogens is 578 g/mol. The number of carboxylic acids is 1. The number of nitrogens with zero attached hydrogens (tertiary/aromatic N) is 2. The number of anilines is 1. The van der Waals surface area contributed by atoms with Gasteiger partial charge in [0.2, 0.25) is 0 Å². The van der Waals surface area contributed by atoms with Gasteiger partial charge in [0.25, 0.3) is 5.91 Å². The third kappa shape index (κ3) is 6.34. The van der Waals surface area contributed by atoms with Crippen LogP contribution in [0.1, 0.15) is 53.9 Å². The van der Waals surface area contributed by atoms with Crippen molar-refractivity contribution in [3.8, 4) is 28.5 Å². The number of amides is 1. The summed E-state index contributed by atoms with van der Waals surface area (Å²) in [4.78, 5) is 31.2. The molecule has 222 valence electrons. The van der Waals surface area contributed by atoms with Crippen molar-refractivity contribution in [3.63, 3.8) is 0 Å². The van der Waals surface area contributed by atoms with Crippen molar-refractivity contribution >= 4 is 50.8 Å². The third-order valence-corrected chi connectivity index (χ3v) is 9.11. The van der Waals surface area contributed by atoms with Crippen molar-refractivity contribution in [3.05, 3.63) is 52.0 Å². The smallest absolute Gasteiger partial charge is 0.323 e. The second kappa shape index (κ2) is 13.0. The molecule has 11 heteroatoms. The number of carbonyl (C=O) groups excluding carboxylic acids is 1. The minimum absolute atomic E-state index is 0.215. The number of carboxylic acid groups (broad SMARTS) is 1. The first kappa shape index (κ1) is 29.7. The summed E-state index contributed by atoms with van der Waals surface area (Å²) in [6.07, 6.45) is 8.13. The Bertz CT molecular complexity index is 1610. The first-order chi connectivity index (χ1) is 20.3. The molecule has 5 rings (SSSR count). The highest BCUT2D eigenvalue weighted by molar-refractivity contribution is 7.16. The summed E-state index contributed by atoms with van der Waals surface area (Å²) in [5.41, 5.74) is 2.26. The average Bonchev–Trinajstić information content (AvgIpc) is 3.56. The average molecular weight is 612 g/mol. The molecule has 42 heavy (non-hydrogen) atoms. The standard InChI is InChI=1S/C31H34ClN3O6S/c1-39-20-10-11-23-19(13-20)14-24(35(23)17-28(36)37)30(38)34-31-33-29(21-15-26(41-3)22(32)16-25(21)40-2)27(42-31)12-9-18-7-5-4-6-8-18/h10-11,13-16,18H,4-9,12,17H2,1-3H3,(H,36,37)(H,33,34,38). The molecule has 1 fully saturated rings. The maximum Gasteiger partial charge on any atom is 0.323 e. The van der Waals surface area contributed by atoms with Crippen molar-refractivity contribution in [1.29, 1.82) is 0 Å². The normalized spacial score (nSPS) is 13.7. The molecule has 0 atom stereocenters. The maximum absolute atomic E-state index is 13.6. The molecule has 1 aliphatic carbocycles. The van der Waals surface area contributed by atoms with Crippen LogP contribution in [0.5, 0.6) is 17.2 Å². The second-order valence-corrected chi connectivity index (χ2v) is 11.9. The Morgan fingerprint density at radius 3 is 2.50 bits per heavy atom. The highest BCUT2D eigenvalue weighted by Crippen LogP contribution is 2.43. The van der Waals surface area contributed by atoms with E-state index in [0.29, 0.717) is 49.9 Å². The SMILES string of the molecule is COc1ccc2c(c1)cc(C(=O)Nc1nc(-c3cc(OC)c(Cl)cc3OC)c(CCC3CCCCC3)s1)n2CC(=O)O. The van der Waals surface area contributed by atoms with Crippen LogP contribution in [0.3, 0.4) is 0 Å². The van der Waals surface area contributed by atoms with Gasteiger partial charge in [-0.3, -0.25) is 14.9 Å². The van der Waals surface area contributed by atoms with Gasteiger partial charge in [-0.15, -0.1) is 11.3 Å². The van der Waals surface area contributed by atoms with Crippen LogP contribution >= 0.6 is 22.9 Å². The Balaban J connectivity index is 1.51. The number of carbonyl (C=O) groups is 2. The van der Waals surface area contributed by atoms with Gasteiger partial charge < -0.3 is 23.9 Å². The van der Waals surface area contributed by atoms with E-state index in [0.717, 1.165) is 23.3 Å². The van der Waals surface area contributed by atoms with E-state index in [1.165, 1.54) is 48.0 Å². The van der Waals surface area contributed by atoms with Crippen LogP contribution in [0.25, 0.3) is 22.2 Å². The number of ether oxygens (including phenoxy) is 3. The number of rotatable bonds is 11. The minimum Gasteiger partial charge on any atom is -0.497 e. The van der Waals surface area contributed by atoms with E-state index in [1.807, 2.05) is 6.07 Å². The number of aliphatic carboxylic acids is 1. The molecule has 0 unspecified atom stereocenters. The number of benzene rings is 2. The third-order valence-electron chi connectivity index (χ3n) is 7.79. The molecule has 4 aromatic rings. The lowest BCUT2D eigenvalue weighted by Gasteiger charge is -2.21. The lowest BCUT2D eigenvalue weighted by Crippen LogP contribution is -2.19. The van der Waals surface area contributed by atoms with Gasteiger partial charge in [-0.25, -0.2) is 4.98 Å². The maximum atomic E-state index is 13.6. The summed E-state index contributed by atoms with van der Waals surface area (Å²) in [6, 6.07) is 10.4. The van der Waals surface area contributed by atoms with E-state index in [-0.39, 0.29) is 12.2 Å². The summed E-state index contributed by atoms with van der Waals surface area (Å²) in [5.74, 6) is 0.823. The number of hydrogen-bond donors (Lipinski definition) is 2. The van der Waals surface area contributed by atoms with Gasteiger partial charge in [0.1, 0.15) is 29.5 Å². The molecule has 1 aliphatic rings. The zero-order valence-electron chi connectivity index (χ0n) is 23.9. The number of aryl methyl sites for hydroxylation is 1. The largest absolute Gasteiger partial charge is 0.497 e. The van der Waals surface area contributed by atoms with Crippen molar-refractivity contribution in [1.82, 2.24) is 9.55 Å². The lowest BCUT2D eigenvalue weighted by molar-refractivity contribution is -0.137. The van der Waals surface area contributed by atoms with Crippen LogP contribution in [-0.2, 0) is 17.8 Å². The summed E-state index contributed by atoms with van der Waals surface area (Å²) >= 11 is 7.80. The zero-order chi connectivity index (χ0) is 29.8. The summed E-state index contributed by atoms with van der Waals surface area (Å²) in [5, 5.41) is 14.0. The predicted molar refractivity (Wildman–Crippen MR) is 165 cm³/mol. The molecule has 0 saturated heterocycles. The van der Waals surface area contributed by atoms with Crippen LogP contribution in [-0.4, -0.2) is 47.9 Å². The highest BCUT2D eigenvalue weighted by atomic mass is 35.5. The van der Waals surface area contributed by atoms with Crippen LogP contribution in [0.15, 0.2) is 36.4 Å². The quantitative estimate of drug-likeness (QED) is 0.183. The second-order valence-electron chi connectivity index (χ2n) is 10.4. The van der Waals surface area contributed by atoms with E-state index in [9.17, 15) is 14.7 Å². The van der Waals surface area contributed by atoms with Gasteiger partial charge in [0.05, 0.1) is 32.0 Å². The van der Waals surface area contributed by atoms with Gasteiger partial charge in [0.15, 0.2) is 5.13 Å². The first-order valence-electron chi connectivity index (χ1n) is 13.9. The van der Waals surface area contributed by atoms with Crippen molar-refractivity contribution in [2.24, 2.45) is 5.92 Å². The lowest BCUT2D eigenvalue weighted by atomic mass is 9.86. The van der Waals surface area contributed by atoms with Crippen molar-refractivity contribution in [2.45, 2.75) is 51.5 Å². The fraction of sp³-hybridized carbons (Fsp3) is 0.387. The Hall–Kier alpha value is -3.76. The van der Waals surface area contributed by atoms with E-state index in [4.69, 9.17) is 30.8 Å². The summed E-state index contributed by atoms with van der Waals surface area (Å²) in [6.45, 7) is -0.365.